The van der Waals surface area contributed by atoms with E-state index in [4.69, 9.17) is 4.74 Å². The van der Waals surface area contributed by atoms with Crippen LogP contribution >= 0.6 is 0 Å². The van der Waals surface area contributed by atoms with Gasteiger partial charge < -0.3 is 4.74 Å². The summed E-state index contributed by atoms with van der Waals surface area (Å²) >= 11 is 0. The summed E-state index contributed by atoms with van der Waals surface area (Å²) in [6.07, 6.45) is -4.88. The minimum absolute atomic E-state index is 0.0607. The highest BCUT2D eigenvalue weighted by Gasteiger charge is 2.41. The van der Waals surface area contributed by atoms with E-state index in [9.17, 15) is 18.4 Å². The summed E-state index contributed by atoms with van der Waals surface area (Å²) < 4.78 is 31.3. The maximum Gasteiger partial charge on any atom is 0.267 e. The van der Waals surface area contributed by atoms with Crippen molar-refractivity contribution in [3.63, 3.8) is 0 Å². The molecule has 1 fully saturated rings. The Morgan fingerprint density at radius 1 is 1.26 bits per heavy atom. The highest BCUT2D eigenvalue weighted by Crippen LogP contribution is 2.22. The zero-order valence-corrected chi connectivity index (χ0v) is 10.3. The second kappa shape index (κ2) is 5.34. The number of alkyl halides is 2. The number of ether oxygens (including phenoxy) is 1. The van der Waals surface area contributed by atoms with E-state index in [1.165, 1.54) is 7.11 Å². The van der Waals surface area contributed by atoms with Gasteiger partial charge in [0.25, 0.3) is 5.91 Å². The number of methoxy groups -OCH3 is 1. The van der Waals surface area contributed by atoms with Gasteiger partial charge in [-0.25, -0.2) is 8.78 Å². The van der Waals surface area contributed by atoms with Gasteiger partial charge in [-0.15, -0.1) is 0 Å². The van der Waals surface area contributed by atoms with E-state index >= 15 is 0 Å². The first-order valence-corrected chi connectivity index (χ1v) is 5.78. The molecule has 2 amide bonds. The second-order valence-corrected chi connectivity index (χ2v) is 4.29. The van der Waals surface area contributed by atoms with Crippen molar-refractivity contribution in [1.29, 1.82) is 0 Å². The van der Waals surface area contributed by atoms with Crippen LogP contribution in [0.1, 0.15) is 12.0 Å². The lowest BCUT2D eigenvalue weighted by Gasteiger charge is -2.29. The van der Waals surface area contributed by atoms with Gasteiger partial charge in [0.2, 0.25) is 12.1 Å². The standard InChI is InChI=1S/C13H13F2NO3/c1-19-9-4-2-8(3-5-9)7-16-11(17)6-10(14)12(15)13(16)18/h2-5,10,12H,6-7H2,1H3. The average Bonchev–Trinajstić information content (AvgIpc) is 2.42. The van der Waals surface area contributed by atoms with Gasteiger partial charge in [-0.3, -0.25) is 14.5 Å². The van der Waals surface area contributed by atoms with Crippen LogP contribution in [0.3, 0.4) is 0 Å². The number of hydrogen-bond donors (Lipinski definition) is 0. The third-order valence-corrected chi connectivity index (χ3v) is 2.99. The molecular weight excluding hydrogens is 256 g/mol. The van der Waals surface area contributed by atoms with E-state index in [1.54, 1.807) is 24.3 Å². The van der Waals surface area contributed by atoms with Crippen LogP contribution in [0.2, 0.25) is 0 Å². The van der Waals surface area contributed by atoms with E-state index in [-0.39, 0.29) is 6.54 Å². The molecule has 1 aliphatic rings. The highest BCUT2D eigenvalue weighted by molar-refractivity contribution is 6.00. The monoisotopic (exact) mass is 269 g/mol. The molecule has 0 aliphatic carbocycles. The summed E-state index contributed by atoms with van der Waals surface area (Å²) in [6.45, 7) is -0.0607. The number of benzene rings is 1. The zero-order valence-electron chi connectivity index (χ0n) is 10.3. The van der Waals surface area contributed by atoms with E-state index in [0.717, 1.165) is 4.90 Å². The Kier molecular flexibility index (Phi) is 3.78. The molecule has 1 heterocycles. The highest BCUT2D eigenvalue weighted by atomic mass is 19.2. The van der Waals surface area contributed by atoms with Gasteiger partial charge in [0.15, 0.2) is 0 Å². The fourth-order valence-electron chi connectivity index (χ4n) is 1.89. The van der Waals surface area contributed by atoms with E-state index < -0.39 is 30.6 Å². The maximum absolute atomic E-state index is 13.3. The van der Waals surface area contributed by atoms with Crippen LogP contribution < -0.4 is 4.74 Å². The van der Waals surface area contributed by atoms with Gasteiger partial charge in [0.1, 0.15) is 11.9 Å². The predicted octanol–water partition coefficient (Wildman–Crippen LogP) is 1.63. The summed E-state index contributed by atoms with van der Waals surface area (Å²) in [5.41, 5.74) is 0.645. The van der Waals surface area contributed by atoms with Gasteiger partial charge in [-0.05, 0) is 17.7 Å². The lowest BCUT2D eigenvalue weighted by molar-refractivity contribution is -0.157. The van der Waals surface area contributed by atoms with Crippen LogP contribution in [-0.4, -0.2) is 36.2 Å². The first-order chi connectivity index (χ1) is 9.02. The maximum atomic E-state index is 13.3. The second-order valence-electron chi connectivity index (χ2n) is 4.29. The van der Waals surface area contributed by atoms with Crippen molar-refractivity contribution >= 4 is 11.8 Å². The Balaban J connectivity index is 2.12. The van der Waals surface area contributed by atoms with Crippen LogP contribution in [0.4, 0.5) is 8.78 Å². The minimum Gasteiger partial charge on any atom is -0.497 e. The van der Waals surface area contributed by atoms with E-state index in [1.807, 2.05) is 0 Å². The van der Waals surface area contributed by atoms with Crippen LogP contribution in [0.25, 0.3) is 0 Å². The molecule has 4 nitrogen and oxygen atoms in total. The molecule has 0 spiro atoms. The van der Waals surface area contributed by atoms with Gasteiger partial charge >= 0.3 is 0 Å². The molecule has 0 N–H and O–H groups in total. The summed E-state index contributed by atoms with van der Waals surface area (Å²) in [5.74, 6) is -1.17. The fraction of sp³-hybridized carbons (Fsp3) is 0.385. The van der Waals surface area contributed by atoms with Crippen molar-refractivity contribution in [2.75, 3.05) is 7.11 Å². The molecule has 102 valence electrons. The molecular formula is C13H13F2NO3. The molecule has 2 unspecified atom stereocenters. The first kappa shape index (κ1) is 13.5. The molecule has 0 bridgehead atoms. The topological polar surface area (TPSA) is 46.6 Å². The van der Waals surface area contributed by atoms with Crippen molar-refractivity contribution in [2.24, 2.45) is 0 Å². The molecule has 19 heavy (non-hydrogen) atoms. The summed E-state index contributed by atoms with van der Waals surface area (Å²) in [5, 5.41) is 0. The molecule has 1 aliphatic heterocycles. The Hall–Kier alpha value is -1.98. The lowest BCUT2D eigenvalue weighted by Crippen LogP contribution is -2.50. The number of carbonyl (C=O) groups is 2. The molecule has 1 saturated heterocycles. The molecule has 1 aromatic carbocycles. The molecule has 0 radical (unpaired) electrons. The van der Waals surface area contributed by atoms with Crippen LogP contribution in [0.15, 0.2) is 24.3 Å². The SMILES string of the molecule is COc1ccc(CN2C(=O)CC(F)C(F)C2=O)cc1. The number of rotatable bonds is 3. The van der Waals surface area contributed by atoms with Crippen molar-refractivity contribution in [3.8, 4) is 5.75 Å². The van der Waals surface area contributed by atoms with Crippen molar-refractivity contribution in [3.05, 3.63) is 29.8 Å². The number of carbonyl (C=O) groups excluding carboxylic acids is 2. The average molecular weight is 269 g/mol. The third kappa shape index (κ3) is 2.72. The van der Waals surface area contributed by atoms with Crippen molar-refractivity contribution in [2.45, 2.75) is 25.3 Å². The molecule has 0 aromatic heterocycles. The number of halogens is 2. The number of amides is 2. The number of piperidine rings is 1. The van der Waals surface area contributed by atoms with Crippen LogP contribution in [0, 0.1) is 0 Å². The summed E-state index contributed by atoms with van der Waals surface area (Å²) in [6, 6.07) is 6.65. The number of hydrogen-bond acceptors (Lipinski definition) is 3. The van der Waals surface area contributed by atoms with E-state index in [0.29, 0.717) is 11.3 Å². The molecule has 2 rings (SSSR count). The van der Waals surface area contributed by atoms with Gasteiger partial charge in [0.05, 0.1) is 20.1 Å². The lowest BCUT2D eigenvalue weighted by atomic mass is 10.0. The summed E-state index contributed by atoms with van der Waals surface area (Å²) in [7, 11) is 1.52. The Morgan fingerprint density at radius 2 is 1.89 bits per heavy atom. The normalized spacial score (nSPS) is 23.6. The Bertz CT molecular complexity index is 489. The van der Waals surface area contributed by atoms with Gasteiger partial charge in [-0.1, -0.05) is 12.1 Å². The van der Waals surface area contributed by atoms with E-state index in [2.05, 4.69) is 0 Å². The fourth-order valence-corrected chi connectivity index (χ4v) is 1.89. The van der Waals surface area contributed by atoms with Crippen molar-refractivity contribution < 1.29 is 23.1 Å². The van der Waals surface area contributed by atoms with Gasteiger partial charge in [-0.2, -0.15) is 0 Å². The third-order valence-electron chi connectivity index (χ3n) is 2.99. The first-order valence-electron chi connectivity index (χ1n) is 5.78. The largest absolute Gasteiger partial charge is 0.497 e. The molecule has 1 aromatic rings. The molecule has 0 saturated carbocycles. The summed E-state index contributed by atoms with van der Waals surface area (Å²) in [4.78, 5) is 23.9. The Morgan fingerprint density at radius 3 is 2.47 bits per heavy atom. The quantitative estimate of drug-likeness (QED) is 0.783. The minimum atomic E-state index is -2.25. The van der Waals surface area contributed by atoms with Crippen LogP contribution in [0.5, 0.6) is 5.75 Å². The number of imide groups is 1. The number of likely N-dealkylation sites (tertiary alicyclic amines) is 1. The number of nitrogens with zero attached hydrogens (tertiary/aromatic N) is 1. The predicted molar refractivity (Wildman–Crippen MR) is 63.0 cm³/mol. The Labute approximate surface area is 109 Å². The van der Waals surface area contributed by atoms with Crippen LogP contribution in [-0.2, 0) is 16.1 Å². The smallest absolute Gasteiger partial charge is 0.267 e. The molecule has 2 atom stereocenters. The van der Waals surface area contributed by atoms with Gasteiger partial charge in [0, 0.05) is 0 Å². The molecule has 6 heteroatoms. The zero-order chi connectivity index (χ0) is 14.0. The van der Waals surface area contributed by atoms with Crippen molar-refractivity contribution in [1.82, 2.24) is 4.90 Å².